The Morgan fingerprint density at radius 1 is 0.557 bits per heavy atom. The first kappa shape index (κ1) is 73.8. The summed E-state index contributed by atoms with van der Waals surface area (Å²) >= 11 is 2.25. The van der Waals surface area contributed by atoms with Gasteiger partial charge in [0.15, 0.2) is 34.9 Å². The third-order valence-corrected chi connectivity index (χ3v) is 16.2. The molecular formula is C63H75F6IN14O13. The number of carbonyl (C=O) groups excluding carboxylic acids is 7. The topological polar surface area (TPSA) is 314 Å². The Labute approximate surface area is 566 Å². The van der Waals surface area contributed by atoms with Crippen LogP contribution in [0.4, 0.5) is 68.3 Å². The Balaban J connectivity index is 0.000000162. The highest BCUT2D eigenvalue weighted by Crippen LogP contribution is 2.33. The highest BCUT2D eigenvalue weighted by atomic mass is 127. The van der Waals surface area contributed by atoms with Crippen LogP contribution in [0.3, 0.4) is 0 Å². The first-order chi connectivity index (χ1) is 45.5. The van der Waals surface area contributed by atoms with Crippen molar-refractivity contribution in [3.8, 4) is 5.75 Å². The summed E-state index contributed by atoms with van der Waals surface area (Å²) in [5, 5.41) is 47.9. The Morgan fingerprint density at radius 2 is 0.959 bits per heavy atom. The second-order valence-electron chi connectivity index (χ2n) is 25.5. The summed E-state index contributed by atoms with van der Waals surface area (Å²) in [6.07, 6.45) is 2.00. The standard InChI is InChI=1S/C18H18F3N5O3.C16H24N4O4.C13H8F3NO2.C12H18IN3O2.C4H7NO2/c1-9-6-26-15(14(5-22-26)25-7-11(27)4-16(25)28)8-24(9)18(29)23-10-2-12(19)17(21)13(20)3-10;1-10-7-20-13(9-18(10)15(23)24-16(2,3)4)12(6-17-20)19-8-11(21)5-14(19)22;14-10-6-8(7-11(15)12(10)16)17-13(18)19-9-4-2-1-3-5-9;1-8-6-16-10(9(13)5-14-16)7-15(8)11(17)18-12(2,3)4;6-3-1-4(7)5-2-3/h2-3,5,9,11,27H,4,6-8H2,1H3,(H,23,29);6,10-11,21H,5,7-9H2,1-4H3;1-7H,(H,17,18);5,8H,6-7H2,1-4H3;3,6H,1-2H2,(H,5,7)/t9-,11+;10-,11+;;8-;3-/m00.01/s1. The molecule has 0 radical (unpaired) electrons. The average molecular weight is 1480 g/mol. The summed E-state index contributed by atoms with van der Waals surface area (Å²) < 4.78 is 101. The van der Waals surface area contributed by atoms with E-state index >= 15 is 0 Å². The molecule has 6 aliphatic rings. The lowest BCUT2D eigenvalue weighted by Crippen LogP contribution is -2.47. The van der Waals surface area contributed by atoms with E-state index < -0.39 is 76.5 Å². The van der Waals surface area contributed by atoms with Crippen LogP contribution < -0.4 is 30.5 Å². The number of aromatic nitrogens is 6. The minimum atomic E-state index is -1.61. The number of fused-ring (bicyclic) bond motifs is 3. The van der Waals surface area contributed by atoms with Crippen LogP contribution in [0.15, 0.2) is 73.2 Å². The number of hydrogen-bond acceptors (Lipinski definition) is 16. The molecule has 0 saturated carbocycles. The van der Waals surface area contributed by atoms with E-state index in [2.05, 4.69) is 53.8 Å². The molecule has 3 fully saturated rings. The molecule has 8 amide bonds. The summed E-state index contributed by atoms with van der Waals surface area (Å²) in [6.45, 7) is 20.3. The van der Waals surface area contributed by atoms with Gasteiger partial charge in [-0.15, -0.1) is 0 Å². The average Bonchev–Trinajstić information content (AvgIpc) is 1.68. The van der Waals surface area contributed by atoms with E-state index in [0.717, 1.165) is 21.5 Å². The lowest BCUT2D eigenvalue weighted by atomic mass is 10.2. The summed E-state index contributed by atoms with van der Waals surface area (Å²) in [5.74, 6) is -8.94. The summed E-state index contributed by atoms with van der Waals surface area (Å²) in [4.78, 5) is 90.9. The maximum atomic E-state index is 13.4. The second-order valence-corrected chi connectivity index (χ2v) is 26.6. The number of hydrogen-bond donors (Lipinski definition) is 6. The van der Waals surface area contributed by atoms with Crippen LogP contribution in [-0.4, -0.2) is 169 Å². The first-order valence-corrected chi connectivity index (χ1v) is 31.7. The van der Waals surface area contributed by atoms with Crippen LogP contribution in [-0.2, 0) is 63.1 Å². The number of β-amino-alcohol motifs (C(OH)–C–C–N with tert-alkyl or cyclic N) is 3. The molecule has 97 heavy (non-hydrogen) atoms. The number of carbonyl (C=O) groups is 7. The molecule has 0 aliphatic carbocycles. The van der Waals surface area contributed by atoms with Crippen molar-refractivity contribution in [3.05, 3.63) is 129 Å². The molecule has 27 nitrogen and oxygen atoms in total. The molecule has 0 bridgehead atoms. The number of urea groups is 1. The van der Waals surface area contributed by atoms with Gasteiger partial charge in [-0.2, -0.15) is 15.3 Å². The minimum absolute atomic E-state index is 0.0208. The maximum absolute atomic E-state index is 13.4. The van der Waals surface area contributed by atoms with Crippen molar-refractivity contribution in [1.82, 2.24) is 49.4 Å². The van der Waals surface area contributed by atoms with Crippen LogP contribution in [0, 0.1) is 38.5 Å². The molecule has 3 aromatic carbocycles. The predicted octanol–water partition coefficient (Wildman–Crippen LogP) is 8.16. The SMILES string of the molecule is C[C@H]1Cn2ncc(I)c2CN1C(=O)OC(C)(C)C.C[C@H]1Cn2ncc(N3C[C@H](O)CC3=O)c2CN1C(=O)Nc1cc(F)c(F)c(F)c1.C[C@H]1Cn2ncc(N3C[C@H](O)CC3=O)c2CN1C(=O)OC(C)(C)C.O=C(Nc1cc(F)c(F)c(F)c1)Oc1ccccc1.O=C1C[C@@H](O)CN1. The second kappa shape index (κ2) is 31.0. The van der Waals surface area contributed by atoms with E-state index in [1.807, 2.05) is 71.0 Å². The van der Waals surface area contributed by atoms with E-state index in [4.69, 9.17) is 19.3 Å². The van der Waals surface area contributed by atoms with Crippen LogP contribution >= 0.6 is 22.6 Å². The van der Waals surface area contributed by atoms with E-state index in [-0.39, 0.29) is 104 Å². The molecule has 6 N–H and O–H groups in total. The molecule has 0 spiro atoms. The first-order valence-electron chi connectivity index (χ1n) is 30.6. The van der Waals surface area contributed by atoms with Crippen LogP contribution in [0.1, 0.15) is 98.7 Å². The normalized spacial score (nSPS) is 20.2. The fourth-order valence-electron chi connectivity index (χ4n) is 10.6. The van der Waals surface area contributed by atoms with Gasteiger partial charge in [-0.05, 0) is 97.0 Å². The van der Waals surface area contributed by atoms with Crippen LogP contribution in [0.2, 0.25) is 0 Å². The number of benzene rings is 3. The van der Waals surface area contributed by atoms with Crippen molar-refractivity contribution in [3.63, 3.8) is 0 Å². The molecule has 524 valence electrons. The van der Waals surface area contributed by atoms with Gasteiger partial charge in [0.05, 0.1) is 164 Å². The number of aliphatic hydroxyl groups excluding tert-OH is 3. The van der Waals surface area contributed by atoms with Crippen LogP contribution in [0.25, 0.3) is 0 Å². The molecule has 6 atom stereocenters. The smallest absolute Gasteiger partial charge is 0.417 e. The van der Waals surface area contributed by atoms with E-state index in [1.54, 1.807) is 50.7 Å². The Kier molecular flexibility index (Phi) is 23.6. The number of rotatable bonds is 5. The zero-order valence-electron chi connectivity index (χ0n) is 54.4. The number of aliphatic hydroxyl groups is 3. The van der Waals surface area contributed by atoms with Crippen LogP contribution in [0.5, 0.6) is 5.75 Å². The molecule has 34 heteroatoms. The Bertz CT molecular complexity index is 3840. The molecule has 3 saturated heterocycles. The molecule has 0 unspecified atom stereocenters. The van der Waals surface area contributed by atoms with Gasteiger partial charge in [-0.1, -0.05) is 18.2 Å². The Morgan fingerprint density at radius 3 is 1.35 bits per heavy atom. The quantitative estimate of drug-likeness (QED) is 0.0538. The zero-order valence-corrected chi connectivity index (χ0v) is 56.5. The summed E-state index contributed by atoms with van der Waals surface area (Å²) in [5.41, 5.74) is 2.19. The molecule has 9 heterocycles. The fraction of sp³-hybridized carbons (Fsp3) is 0.460. The predicted molar refractivity (Wildman–Crippen MR) is 344 cm³/mol. The van der Waals surface area contributed by atoms with Gasteiger partial charge in [-0.3, -0.25) is 43.5 Å². The Hall–Kier alpha value is -9.03. The summed E-state index contributed by atoms with van der Waals surface area (Å²) in [6, 6.07) is 9.93. The summed E-state index contributed by atoms with van der Waals surface area (Å²) in [7, 11) is 0. The van der Waals surface area contributed by atoms with Crippen molar-refractivity contribution >= 4 is 87.4 Å². The molecular weight excluding hydrogens is 1400 g/mol. The van der Waals surface area contributed by atoms with Crippen molar-refractivity contribution in [2.24, 2.45) is 0 Å². The number of nitrogens with one attached hydrogen (secondary N) is 3. The number of ether oxygens (including phenoxy) is 3. The van der Waals surface area contributed by atoms with Gasteiger partial charge >= 0.3 is 24.3 Å². The van der Waals surface area contributed by atoms with Gasteiger partial charge in [0.1, 0.15) is 17.0 Å². The van der Waals surface area contributed by atoms with E-state index in [9.17, 15) is 70.1 Å². The molecule has 6 aromatic rings. The largest absolute Gasteiger partial charge is 0.444 e. The number of anilines is 4. The zero-order chi connectivity index (χ0) is 71.1. The van der Waals surface area contributed by atoms with Crippen molar-refractivity contribution in [2.45, 2.75) is 168 Å². The van der Waals surface area contributed by atoms with E-state index in [0.29, 0.717) is 74.1 Å². The van der Waals surface area contributed by atoms with Gasteiger partial charge in [0.25, 0.3) is 0 Å². The number of para-hydroxylation sites is 1. The number of nitrogens with zero attached hydrogens (tertiary/aromatic N) is 11. The van der Waals surface area contributed by atoms with Gasteiger partial charge < -0.3 is 54.9 Å². The monoisotopic (exact) mass is 1480 g/mol. The third-order valence-electron chi connectivity index (χ3n) is 15.3. The van der Waals surface area contributed by atoms with Gasteiger partial charge in [0.2, 0.25) is 17.7 Å². The van der Waals surface area contributed by atoms with Crippen molar-refractivity contribution < 1.29 is 89.4 Å². The number of amides is 8. The molecule has 12 rings (SSSR count). The molecule has 6 aliphatic heterocycles. The maximum Gasteiger partial charge on any atom is 0.417 e. The van der Waals surface area contributed by atoms with Gasteiger partial charge in [-0.25, -0.2) is 45.5 Å². The lowest BCUT2D eigenvalue weighted by Gasteiger charge is -2.36. The van der Waals surface area contributed by atoms with Gasteiger partial charge in [0, 0.05) is 36.5 Å². The van der Waals surface area contributed by atoms with Crippen molar-refractivity contribution in [2.75, 3.05) is 40.1 Å². The lowest BCUT2D eigenvalue weighted by molar-refractivity contribution is -0.120. The van der Waals surface area contributed by atoms with E-state index in [1.165, 1.54) is 28.1 Å². The minimum Gasteiger partial charge on any atom is -0.444 e. The highest BCUT2D eigenvalue weighted by molar-refractivity contribution is 14.1. The third kappa shape index (κ3) is 19.2. The molecule has 3 aromatic heterocycles. The fourth-order valence-corrected chi connectivity index (χ4v) is 11.2. The number of halogens is 7. The van der Waals surface area contributed by atoms with Crippen molar-refractivity contribution in [1.29, 1.82) is 0 Å². The highest BCUT2D eigenvalue weighted by Gasteiger charge is 2.39.